The van der Waals surface area contributed by atoms with Crippen LogP contribution in [0.4, 0.5) is 0 Å². The predicted molar refractivity (Wildman–Crippen MR) is 72.4 cm³/mol. The Bertz CT molecular complexity index is 244. The van der Waals surface area contributed by atoms with Crippen molar-refractivity contribution in [1.82, 2.24) is 16.0 Å². The fourth-order valence-electron chi connectivity index (χ4n) is 1.55. The lowest BCUT2D eigenvalue weighted by molar-refractivity contribution is 0.0507. The van der Waals surface area contributed by atoms with Gasteiger partial charge in [-0.05, 0) is 18.8 Å². The van der Waals surface area contributed by atoms with Gasteiger partial charge in [0.25, 0.3) is 0 Å². The fraction of sp³-hybridized carbons (Fsp3) is 0.846. The molecule has 0 fully saturated rings. The quantitative estimate of drug-likeness (QED) is 0.583. The molecule has 1 aliphatic rings. The van der Waals surface area contributed by atoms with Crippen LogP contribution in [0.2, 0.25) is 0 Å². The fourth-order valence-corrected chi connectivity index (χ4v) is 1.55. The van der Waals surface area contributed by atoms with E-state index >= 15 is 0 Å². The Labute approximate surface area is 110 Å². The third-order valence-corrected chi connectivity index (χ3v) is 2.61. The van der Waals surface area contributed by atoms with Gasteiger partial charge in [-0.25, -0.2) is 0 Å². The molecule has 0 saturated carbocycles. The topological polar surface area (TPSA) is 45.8 Å². The molecule has 0 unspecified atom stereocenters. The molecule has 1 heterocycles. The van der Waals surface area contributed by atoms with E-state index in [0.717, 1.165) is 31.7 Å². The first-order valence-electron chi connectivity index (χ1n) is 6.87. The summed E-state index contributed by atoms with van der Waals surface area (Å²) in [7, 11) is 0. The van der Waals surface area contributed by atoms with E-state index < -0.39 is 0 Å². The molecule has 0 spiro atoms. The molecule has 0 atom stereocenters. The standard InChI is InChI=1S/C13H27N3O2/c1-4-6-16-10-13(14-15-16)11-18-9-8-17-7-5-12(2)3/h10,12,14-15H,4-9,11H2,1-3H3. The molecular weight excluding hydrogens is 230 g/mol. The highest BCUT2D eigenvalue weighted by Gasteiger charge is 2.09. The minimum atomic E-state index is 0.598. The molecule has 0 amide bonds. The van der Waals surface area contributed by atoms with E-state index in [4.69, 9.17) is 9.47 Å². The summed E-state index contributed by atoms with van der Waals surface area (Å²) in [6.07, 6.45) is 4.27. The molecule has 0 bridgehead atoms. The highest BCUT2D eigenvalue weighted by molar-refractivity contribution is 5.01. The number of nitrogens with one attached hydrogen (secondary N) is 2. The number of rotatable bonds is 10. The summed E-state index contributed by atoms with van der Waals surface area (Å²) in [6, 6.07) is 0. The normalized spacial score (nSPS) is 15.1. The monoisotopic (exact) mass is 257 g/mol. The van der Waals surface area contributed by atoms with Crippen molar-refractivity contribution in [2.45, 2.75) is 33.6 Å². The van der Waals surface area contributed by atoms with Gasteiger partial charge in [-0.15, -0.1) is 5.53 Å². The van der Waals surface area contributed by atoms with Gasteiger partial charge in [0, 0.05) is 19.4 Å². The zero-order chi connectivity index (χ0) is 13.2. The van der Waals surface area contributed by atoms with E-state index in [1.165, 1.54) is 0 Å². The van der Waals surface area contributed by atoms with Crippen LogP contribution in [-0.4, -0.2) is 38.0 Å². The summed E-state index contributed by atoms with van der Waals surface area (Å²) in [6.45, 7) is 10.3. The Balaban J connectivity index is 1.93. The summed E-state index contributed by atoms with van der Waals surface area (Å²) in [5, 5.41) is 2.03. The van der Waals surface area contributed by atoms with Crippen molar-refractivity contribution in [3.05, 3.63) is 11.9 Å². The van der Waals surface area contributed by atoms with E-state index in [1.807, 2.05) is 11.2 Å². The Kier molecular flexibility index (Phi) is 7.80. The Morgan fingerprint density at radius 1 is 1.22 bits per heavy atom. The Hall–Kier alpha value is -0.780. The first-order valence-corrected chi connectivity index (χ1v) is 6.87. The highest BCUT2D eigenvalue weighted by Crippen LogP contribution is 2.01. The molecule has 0 radical (unpaired) electrons. The molecule has 1 rings (SSSR count). The van der Waals surface area contributed by atoms with Crippen molar-refractivity contribution in [2.75, 3.05) is 33.0 Å². The lowest BCUT2D eigenvalue weighted by Crippen LogP contribution is -2.37. The molecule has 5 nitrogen and oxygen atoms in total. The van der Waals surface area contributed by atoms with Gasteiger partial charge in [0.15, 0.2) is 0 Å². The summed E-state index contributed by atoms with van der Waals surface area (Å²) >= 11 is 0. The second kappa shape index (κ2) is 9.19. The third kappa shape index (κ3) is 6.83. The lowest BCUT2D eigenvalue weighted by Gasteiger charge is -2.12. The van der Waals surface area contributed by atoms with Crippen LogP contribution in [-0.2, 0) is 9.47 Å². The van der Waals surface area contributed by atoms with Gasteiger partial charge in [0.2, 0.25) is 0 Å². The van der Waals surface area contributed by atoms with Crippen LogP contribution < -0.4 is 11.0 Å². The van der Waals surface area contributed by atoms with Gasteiger partial charge >= 0.3 is 0 Å². The van der Waals surface area contributed by atoms with E-state index in [-0.39, 0.29) is 0 Å². The minimum Gasteiger partial charge on any atom is -0.379 e. The van der Waals surface area contributed by atoms with Crippen molar-refractivity contribution >= 4 is 0 Å². The van der Waals surface area contributed by atoms with Crippen LogP contribution in [0.15, 0.2) is 11.9 Å². The Morgan fingerprint density at radius 3 is 2.72 bits per heavy atom. The van der Waals surface area contributed by atoms with Crippen LogP contribution in [0.3, 0.4) is 0 Å². The predicted octanol–water partition coefficient (Wildman–Crippen LogP) is 1.64. The van der Waals surface area contributed by atoms with Gasteiger partial charge in [0.05, 0.1) is 25.5 Å². The Morgan fingerprint density at radius 2 is 2.00 bits per heavy atom. The highest BCUT2D eigenvalue weighted by atomic mass is 16.5. The molecule has 2 N–H and O–H groups in total. The minimum absolute atomic E-state index is 0.598. The van der Waals surface area contributed by atoms with Gasteiger partial charge < -0.3 is 14.9 Å². The maximum Gasteiger partial charge on any atom is 0.0893 e. The molecule has 0 aromatic carbocycles. The van der Waals surface area contributed by atoms with Crippen LogP contribution in [0.25, 0.3) is 0 Å². The van der Waals surface area contributed by atoms with Crippen molar-refractivity contribution in [2.24, 2.45) is 5.92 Å². The molecule has 0 aliphatic carbocycles. The second-order valence-electron chi connectivity index (χ2n) is 4.93. The van der Waals surface area contributed by atoms with Gasteiger partial charge in [0.1, 0.15) is 0 Å². The van der Waals surface area contributed by atoms with Crippen LogP contribution in [0, 0.1) is 5.92 Å². The van der Waals surface area contributed by atoms with E-state index in [1.54, 1.807) is 0 Å². The second-order valence-corrected chi connectivity index (χ2v) is 4.93. The molecule has 106 valence electrons. The molecule has 0 aromatic rings. The lowest BCUT2D eigenvalue weighted by atomic mass is 10.1. The molecule has 0 saturated heterocycles. The zero-order valence-corrected chi connectivity index (χ0v) is 11.9. The van der Waals surface area contributed by atoms with Gasteiger partial charge in [-0.1, -0.05) is 20.8 Å². The zero-order valence-electron chi connectivity index (χ0n) is 11.9. The van der Waals surface area contributed by atoms with Crippen LogP contribution in [0.5, 0.6) is 0 Å². The molecule has 0 aromatic heterocycles. The molecule has 1 aliphatic heterocycles. The number of nitrogens with zero attached hydrogens (tertiary/aromatic N) is 1. The van der Waals surface area contributed by atoms with Crippen molar-refractivity contribution < 1.29 is 9.47 Å². The smallest absolute Gasteiger partial charge is 0.0893 e. The molecule has 18 heavy (non-hydrogen) atoms. The van der Waals surface area contributed by atoms with Crippen LogP contribution >= 0.6 is 0 Å². The van der Waals surface area contributed by atoms with Gasteiger partial charge in [-0.3, -0.25) is 5.01 Å². The maximum absolute atomic E-state index is 5.53. The average Bonchev–Trinajstić information content (AvgIpc) is 2.76. The number of hydrogen-bond acceptors (Lipinski definition) is 5. The van der Waals surface area contributed by atoms with Crippen molar-refractivity contribution in [3.8, 4) is 0 Å². The summed E-state index contributed by atoms with van der Waals surface area (Å²) in [5.41, 5.74) is 7.20. The third-order valence-electron chi connectivity index (χ3n) is 2.61. The van der Waals surface area contributed by atoms with E-state index in [9.17, 15) is 0 Å². The number of hydrogen-bond donors (Lipinski definition) is 2. The first-order chi connectivity index (χ1) is 8.72. The molecule has 5 heteroatoms. The summed E-state index contributed by atoms with van der Waals surface area (Å²) < 4.78 is 11.0. The molecular formula is C13H27N3O2. The summed E-state index contributed by atoms with van der Waals surface area (Å²) in [5.74, 6) is 0.703. The largest absolute Gasteiger partial charge is 0.379 e. The average molecular weight is 257 g/mol. The number of ether oxygens (including phenoxy) is 2. The van der Waals surface area contributed by atoms with Crippen molar-refractivity contribution in [3.63, 3.8) is 0 Å². The van der Waals surface area contributed by atoms with Crippen LogP contribution in [0.1, 0.15) is 33.6 Å². The van der Waals surface area contributed by atoms with E-state index in [0.29, 0.717) is 25.7 Å². The van der Waals surface area contributed by atoms with Crippen molar-refractivity contribution in [1.29, 1.82) is 0 Å². The SMILES string of the molecule is CCCN1C=C(COCCOCCC(C)C)NN1. The number of hydrazine groups is 2. The maximum atomic E-state index is 5.53. The van der Waals surface area contributed by atoms with E-state index in [2.05, 4.69) is 31.7 Å². The van der Waals surface area contributed by atoms with Gasteiger partial charge in [-0.2, -0.15) is 0 Å². The summed E-state index contributed by atoms with van der Waals surface area (Å²) in [4.78, 5) is 0. The first kappa shape index (κ1) is 15.3.